The van der Waals surface area contributed by atoms with Gasteiger partial charge in [-0.1, -0.05) is 0 Å². The maximum absolute atomic E-state index is 8.81. The predicted octanol–water partition coefficient (Wildman–Crippen LogP) is 1.92. The number of anilines is 1. The molecule has 0 N–H and O–H groups in total. The van der Waals surface area contributed by atoms with E-state index in [0.29, 0.717) is 0 Å². The molecule has 0 spiro atoms. The van der Waals surface area contributed by atoms with Gasteiger partial charge in [-0.05, 0) is 28.8 Å². The molecule has 1 aromatic heterocycles. The van der Waals surface area contributed by atoms with Crippen LogP contribution < -0.4 is 4.90 Å². The second kappa shape index (κ2) is 4.23. The highest BCUT2D eigenvalue weighted by Crippen LogP contribution is 2.24. The molecule has 0 aliphatic carbocycles. The summed E-state index contributed by atoms with van der Waals surface area (Å²) in [5.74, 6) is 1.36. The van der Waals surface area contributed by atoms with E-state index >= 15 is 0 Å². The van der Waals surface area contributed by atoms with Crippen LogP contribution in [-0.4, -0.2) is 22.9 Å². The zero-order chi connectivity index (χ0) is 10.8. The molecule has 0 unspecified atom stereocenters. The fourth-order valence-corrected chi connectivity index (χ4v) is 2.40. The van der Waals surface area contributed by atoms with Crippen molar-refractivity contribution in [3.63, 3.8) is 0 Å². The average Bonchev–Trinajstić information content (AvgIpc) is 2.58. The molecule has 2 rings (SSSR count). The Morgan fingerprint density at radius 2 is 2.20 bits per heavy atom. The minimum Gasteiger partial charge on any atom is -0.357 e. The Morgan fingerprint density at radius 3 is 2.67 bits per heavy atom. The van der Waals surface area contributed by atoms with Crippen molar-refractivity contribution >= 4 is 21.7 Å². The smallest absolute Gasteiger partial charge is 0.130 e. The topological polar surface area (TPSA) is 44.9 Å². The average molecular weight is 269 g/mol. The molecule has 1 saturated heterocycles. The SMILES string of the molecule is Cn1nc(Br)cc1N1CCC(C#N)CC1. The van der Waals surface area contributed by atoms with Crippen molar-refractivity contribution in [3.05, 3.63) is 10.7 Å². The van der Waals surface area contributed by atoms with Crippen LogP contribution in [0.1, 0.15) is 12.8 Å². The number of hydrogen-bond donors (Lipinski definition) is 0. The number of nitriles is 1. The maximum atomic E-state index is 8.81. The van der Waals surface area contributed by atoms with Crippen molar-refractivity contribution in [1.29, 1.82) is 5.26 Å². The van der Waals surface area contributed by atoms with Crippen LogP contribution in [0.5, 0.6) is 0 Å². The summed E-state index contributed by atoms with van der Waals surface area (Å²) >= 11 is 3.36. The molecule has 0 radical (unpaired) electrons. The monoisotopic (exact) mass is 268 g/mol. The van der Waals surface area contributed by atoms with Gasteiger partial charge in [-0.25, -0.2) is 0 Å². The van der Waals surface area contributed by atoms with Gasteiger partial charge in [0.25, 0.3) is 0 Å². The van der Waals surface area contributed by atoms with Gasteiger partial charge < -0.3 is 4.90 Å². The van der Waals surface area contributed by atoms with Crippen molar-refractivity contribution in [1.82, 2.24) is 9.78 Å². The van der Waals surface area contributed by atoms with Gasteiger partial charge in [-0.2, -0.15) is 10.4 Å². The summed E-state index contributed by atoms with van der Waals surface area (Å²) in [6, 6.07) is 4.36. The Hall–Kier alpha value is -1.02. The molecule has 15 heavy (non-hydrogen) atoms. The molecular weight excluding hydrogens is 256 g/mol. The predicted molar refractivity (Wildman–Crippen MR) is 61.5 cm³/mol. The first-order chi connectivity index (χ1) is 7.20. The molecule has 1 aliphatic rings. The van der Waals surface area contributed by atoms with Crippen molar-refractivity contribution in [3.8, 4) is 6.07 Å². The van der Waals surface area contributed by atoms with Gasteiger partial charge in [0.2, 0.25) is 0 Å². The van der Waals surface area contributed by atoms with Crippen LogP contribution in [0.15, 0.2) is 10.7 Å². The number of aromatic nitrogens is 2. The number of halogens is 1. The Bertz CT molecular complexity index is 385. The largest absolute Gasteiger partial charge is 0.357 e. The Balaban J connectivity index is 2.08. The van der Waals surface area contributed by atoms with Crippen LogP contribution in [0.2, 0.25) is 0 Å². The fourth-order valence-electron chi connectivity index (χ4n) is 1.96. The van der Waals surface area contributed by atoms with Gasteiger partial charge in [0.05, 0.1) is 6.07 Å². The van der Waals surface area contributed by atoms with Crippen LogP contribution in [0.3, 0.4) is 0 Å². The molecule has 80 valence electrons. The van der Waals surface area contributed by atoms with E-state index in [9.17, 15) is 0 Å². The molecule has 1 aromatic rings. The Kier molecular flexibility index (Phi) is 2.96. The van der Waals surface area contributed by atoms with Crippen molar-refractivity contribution in [2.45, 2.75) is 12.8 Å². The number of hydrogen-bond acceptors (Lipinski definition) is 3. The number of nitrogens with zero attached hydrogens (tertiary/aromatic N) is 4. The van der Waals surface area contributed by atoms with Crippen LogP contribution in [0.25, 0.3) is 0 Å². The van der Waals surface area contributed by atoms with Gasteiger partial charge in [0.1, 0.15) is 10.4 Å². The highest BCUT2D eigenvalue weighted by Gasteiger charge is 2.20. The lowest BCUT2D eigenvalue weighted by Gasteiger charge is -2.30. The number of piperidine rings is 1. The molecule has 0 bridgehead atoms. The van der Waals surface area contributed by atoms with E-state index in [0.717, 1.165) is 36.4 Å². The molecule has 0 saturated carbocycles. The highest BCUT2D eigenvalue weighted by atomic mass is 79.9. The first-order valence-electron chi connectivity index (χ1n) is 5.05. The summed E-state index contributed by atoms with van der Waals surface area (Å²) in [5.41, 5.74) is 0. The van der Waals surface area contributed by atoms with E-state index in [1.807, 2.05) is 17.8 Å². The van der Waals surface area contributed by atoms with E-state index in [-0.39, 0.29) is 5.92 Å². The Morgan fingerprint density at radius 1 is 1.53 bits per heavy atom. The molecule has 1 aliphatic heterocycles. The normalized spacial score (nSPS) is 17.8. The summed E-state index contributed by atoms with van der Waals surface area (Å²) in [6.07, 6.45) is 1.92. The first-order valence-corrected chi connectivity index (χ1v) is 5.84. The van der Waals surface area contributed by atoms with Gasteiger partial charge in [0.15, 0.2) is 0 Å². The highest BCUT2D eigenvalue weighted by molar-refractivity contribution is 9.10. The molecular formula is C10H13BrN4. The molecule has 4 nitrogen and oxygen atoms in total. The maximum Gasteiger partial charge on any atom is 0.130 e. The molecule has 0 amide bonds. The second-order valence-electron chi connectivity index (χ2n) is 3.84. The second-order valence-corrected chi connectivity index (χ2v) is 4.65. The van der Waals surface area contributed by atoms with Crippen LogP contribution in [0, 0.1) is 17.2 Å². The van der Waals surface area contributed by atoms with Crippen molar-refractivity contribution < 1.29 is 0 Å². The van der Waals surface area contributed by atoms with E-state index in [4.69, 9.17) is 5.26 Å². The number of rotatable bonds is 1. The van der Waals surface area contributed by atoms with Gasteiger partial charge in [0, 0.05) is 32.1 Å². The minimum atomic E-state index is 0.234. The van der Waals surface area contributed by atoms with Crippen LogP contribution in [0.4, 0.5) is 5.82 Å². The molecule has 5 heteroatoms. The van der Waals surface area contributed by atoms with E-state index in [1.54, 1.807) is 0 Å². The van der Waals surface area contributed by atoms with E-state index < -0.39 is 0 Å². The van der Waals surface area contributed by atoms with Gasteiger partial charge in [-0.15, -0.1) is 0 Å². The van der Waals surface area contributed by atoms with Crippen LogP contribution in [-0.2, 0) is 7.05 Å². The summed E-state index contributed by atoms with van der Waals surface area (Å²) < 4.78 is 2.74. The quantitative estimate of drug-likeness (QED) is 0.782. The Labute approximate surface area is 97.6 Å². The summed E-state index contributed by atoms with van der Waals surface area (Å²) in [6.45, 7) is 1.90. The summed E-state index contributed by atoms with van der Waals surface area (Å²) in [7, 11) is 1.94. The summed E-state index contributed by atoms with van der Waals surface area (Å²) in [5, 5.41) is 13.1. The fraction of sp³-hybridized carbons (Fsp3) is 0.600. The van der Waals surface area contributed by atoms with E-state index in [2.05, 4.69) is 32.0 Å². The number of aryl methyl sites for hydroxylation is 1. The molecule has 2 heterocycles. The van der Waals surface area contributed by atoms with Crippen LogP contribution >= 0.6 is 15.9 Å². The standard InChI is InChI=1S/C10H13BrN4/c1-14-10(6-9(11)13-14)15-4-2-8(7-12)3-5-15/h6,8H,2-5H2,1H3. The zero-order valence-corrected chi connectivity index (χ0v) is 10.2. The van der Waals surface area contributed by atoms with Crippen molar-refractivity contribution in [2.75, 3.05) is 18.0 Å². The van der Waals surface area contributed by atoms with E-state index in [1.165, 1.54) is 0 Å². The lowest BCUT2D eigenvalue weighted by Crippen LogP contribution is -2.34. The van der Waals surface area contributed by atoms with Crippen molar-refractivity contribution in [2.24, 2.45) is 13.0 Å². The van der Waals surface area contributed by atoms with Gasteiger partial charge in [-0.3, -0.25) is 4.68 Å². The minimum absolute atomic E-state index is 0.234. The molecule has 0 atom stereocenters. The third kappa shape index (κ3) is 2.15. The lowest BCUT2D eigenvalue weighted by molar-refractivity contribution is 0.480. The lowest BCUT2D eigenvalue weighted by atomic mass is 9.99. The molecule has 0 aromatic carbocycles. The first kappa shape index (κ1) is 10.5. The molecule has 1 fully saturated rings. The summed E-state index contributed by atoms with van der Waals surface area (Å²) in [4.78, 5) is 2.28. The third-order valence-corrected chi connectivity index (χ3v) is 3.21. The van der Waals surface area contributed by atoms with Gasteiger partial charge >= 0.3 is 0 Å². The third-order valence-electron chi connectivity index (χ3n) is 2.83. The zero-order valence-electron chi connectivity index (χ0n) is 8.65.